The van der Waals surface area contributed by atoms with Gasteiger partial charge in [0.15, 0.2) is 5.60 Å². The third-order valence-electron chi connectivity index (χ3n) is 3.56. The van der Waals surface area contributed by atoms with E-state index in [-0.39, 0.29) is 46.2 Å². The van der Waals surface area contributed by atoms with E-state index in [0.29, 0.717) is 0 Å². The van der Waals surface area contributed by atoms with Gasteiger partial charge in [-0.3, -0.25) is 0 Å². The third kappa shape index (κ3) is 9.78. The SMILES string of the molecule is C=COCC(COC=C)(COC=C)COCC(COC=C)(COC=C)OC=C. The van der Waals surface area contributed by atoms with E-state index < -0.39 is 11.0 Å². The molecule has 0 aliphatic carbocycles. The molecule has 0 amide bonds. The van der Waals surface area contributed by atoms with E-state index in [0.717, 1.165) is 0 Å². The predicted molar refractivity (Wildman–Crippen MR) is 108 cm³/mol. The van der Waals surface area contributed by atoms with Crippen molar-refractivity contribution < 1.29 is 33.2 Å². The second kappa shape index (κ2) is 15.3. The minimum absolute atomic E-state index is 0.124. The summed E-state index contributed by atoms with van der Waals surface area (Å²) in [6, 6.07) is 0. The van der Waals surface area contributed by atoms with Crippen LogP contribution < -0.4 is 0 Å². The molecule has 0 aliphatic heterocycles. The maximum absolute atomic E-state index is 5.96. The van der Waals surface area contributed by atoms with Crippen LogP contribution in [0.5, 0.6) is 0 Å². The van der Waals surface area contributed by atoms with Crippen molar-refractivity contribution >= 4 is 0 Å². The number of hydrogen-bond acceptors (Lipinski definition) is 7. The van der Waals surface area contributed by atoms with Gasteiger partial charge in [-0.05, 0) is 0 Å². The molecule has 0 radical (unpaired) electrons. The summed E-state index contributed by atoms with van der Waals surface area (Å²) < 4.78 is 38.4. The summed E-state index contributed by atoms with van der Waals surface area (Å²) in [7, 11) is 0. The molecule has 0 bridgehead atoms. The topological polar surface area (TPSA) is 64.6 Å². The molecular formula is C21H32O7. The molecule has 0 N–H and O–H groups in total. The molecule has 0 unspecified atom stereocenters. The Labute approximate surface area is 168 Å². The zero-order chi connectivity index (χ0) is 21.1. The van der Waals surface area contributed by atoms with Crippen molar-refractivity contribution in [3.8, 4) is 0 Å². The van der Waals surface area contributed by atoms with Crippen molar-refractivity contribution in [2.45, 2.75) is 5.60 Å². The van der Waals surface area contributed by atoms with Gasteiger partial charge in [0.05, 0.1) is 56.2 Å². The van der Waals surface area contributed by atoms with E-state index in [1.165, 1.54) is 37.6 Å². The molecule has 28 heavy (non-hydrogen) atoms. The van der Waals surface area contributed by atoms with Gasteiger partial charge in [-0.1, -0.05) is 39.5 Å². The van der Waals surface area contributed by atoms with Gasteiger partial charge in [0.25, 0.3) is 0 Å². The summed E-state index contributed by atoms with van der Waals surface area (Å²) in [5.41, 5.74) is -1.59. The molecule has 0 atom stereocenters. The molecule has 0 saturated carbocycles. The lowest BCUT2D eigenvalue weighted by Gasteiger charge is -2.35. The normalized spacial score (nSPS) is 10.7. The van der Waals surface area contributed by atoms with E-state index >= 15 is 0 Å². The predicted octanol–water partition coefficient (Wildman–Crippen LogP) is 3.69. The molecule has 0 heterocycles. The van der Waals surface area contributed by atoms with Crippen LogP contribution in [-0.4, -0.2) is 51.8 Å². The van der Waals surface area contributed by atoms with Gasteiger partial charge in [0.2, 0.25) is 0 Å². The Morgan fingerprint density at radius 2 is 0.857 bits per heavy atom. The minimum atomic E-state index is -0.951. The molecular weight excluding hydrogens is 364 g/mol. The molecule has 158 valence electrons. The van der Waals surface area contributed by atoms with Crippen LogP contribution in [0, 0.1) is 5.41 Å². The summed E-state index contributed by atoms with van der Waals surface area (Å²) in [5, 5.41) is 0. The Morgan fingerprint density at radius 3 is 1.21 bits per heavy atom. The van der Waals surface area contributed by atoms with Crippen LogP contribution in [0.2, 0.25) is 0 Å². The maximum Gasteiger partial charge on any atom is 0.198 e. The molecule has 0 aromatic carbocycles. The van der Waals surface area contributed by atoms with Gasteiger partial charge < -0.3 is 33.2 Å². The molecule has 0 rings (SSSR count). The summed E-state index contributed by atoms with van der Waals surface area (Å²) in [6.07, 6.45) is 7.96. The average Bonchev–Trinajstić information content (AvgIpc) is 2.71. The standard InChI is InChI=1S/C21H32O7/c1-7-22-13-20(14-23-8-2,15-24-9-3)16-27-19-21(28-12-6,17-25-10-4)18-26-11-5/h7-12H,1-6,13-19H2. The van der Waals surface area contributed by atoms with Gasteiger partial charge in [-0.15, -0.1) is 0 Å². The fourth-order valence-electron chi connectivity index (χ4n) is 2.24. The van der Waals surface area contributed by atoms with E-state index in [2.05, 4.69) is 39.5 Å². The van der Waals surface area contributed by atoms with Crippen LogP contribution in [0.25, 0.3) is 0 Å². The second-order valence-electron chi connectivity index (χ2n) is 5.85. The monoisotopic (exact) mass is 396 g/mol. The summed E-state index contributed by atoms with van der Waals surface area (Å²) >= 11 is 0. The van der Waals surface area contributed by atoms with E-state index in [9.17, 15) is 0 Å². The van der Waals surface area contributed by atoms with Crippen molar-refractivity contribution in [2.75, 3.05) is 46.2 Å². The van der Waals surface area contributed by atoms with Crippen LogP contribution in [0.15, 0.2) is 77.0 Å². The zero-order valence-electron chi connectivity index (χ0n) is 16.5. The Balaban J connectivity index is 5.28. The van der Waals surface area contributed by atoms with Crippen molar-refractivity contribution in [2.24, 2.45) is 5.41 Å². The highest BCUT2D eigenvalue weighted by molar-refractivity contribution is 4.87. The van der Waals surface area contributed by atoms with Gasteiger partial charge in [-0.2, -0.15) is 0 Å². The van der Waals surface area contributed by atoms with Gasteiger partial charge >= 0.3 is 0 Å². The highest BCUT2D eigenvalue weighted by atomic mass is 16.6. The number of rotatable bonds is 21. The number of hydrogen-bond donors (Lipinski definition) is 0. The minimum Gasteiger partial charge on any atom is -0.501 e. The van der Waals surface area contributed by atoms with Crippen LogP contribution in [0.1, 0.15) is 0 Å². The Hall–Kier alpha value is -2.80. The zero-order valence-corrected chi connectivity index (χ0v) is 16.5. The van der Waals surface area contributed by atoms with Gasteiger partial charge in [-0.25, -0.2) is 0 Å². The fourth-order valence-corrected chi connectivity index (χ4v) is 2.24. The van der Waals surface area contributed by atoms with E-state index in [1.54, 1.807) is 0 Å². The molecule has 0 spiro atoms. The summed E-state index contributed by atoms with van der Waals surface area (Å²) in [4.78, 5) is 0. The summed E-state index contributed by atoms with van der Waals surface area (Å²) in [6.45, 7) is 22.8. The highest BCUT2D eigenvalue weighted by Gasteiger charge is 2.38. The maximum atomic E-state index is 5.96. The van der Waals surface area contributed by atoms with Crippen LogP contribution in [0.4, 0.5) is 0 Å². The molecule has 7 nitrogen and oxygen atoms in total. The lowest BCUT2D eigenvalue weighted by atomic mass is 9.92. The fraction of sp³-hybridized carbons (Fsp3) is 0.429. The molecule has 0 saturated heterocycles. The van der Waals surface area contributed by atoms with E-state index in [1.807, 2.05) is 0 Å². The number of ether oxygens (including phenoxy) is 7. The first-order chi connectivity index (χ1) is 13.6. The molecule has 7 heteroatoms. The second-order valence-corrected chi connectivity index (χ2v) is 5.85. The largest absolute Gasteiger partial charge is 0.501 e. The van der Waals surface area contributed by atoms with E-state index in [4.69, 9.17) is 33.2 Å². The lowest BCUT2D eigenvalue weighted by molar-refractivity contribution is -0.138. The van der Waals surface area contributed by atoms with Crippen LogP contribution in [0.3, 0.4) is 0 Å². The molecule has 0 aromatic heterocycles. The Bertz CT molecular complexity index is 444. The van der Waals surface area contributed by atoms with Gasteiger partial charge in [0, 0.05) is 0 Å². The molecule has 0 aromatic rings. The third-order valence-corrected chi connectivity index (χ3v) is 3.56. The van der Waals surface area contributed by atoms with Crippen molar-refractivity contribution in [3.63, 3.8) is 0 Å². The first kappa shape index (κ1) is 25.2. The average molecular weight is 396 g/mol. The first-order valence-corrected chi connectivity index (χ1v) is 8.56. The Morgan fingerprint density at radius 1 is 0.464 bits per heavy atom. The smallest absolute Gasteiger partial charge is 0.198 e. The van der Waals surface area contributed by atoms with Crippen molar-refractivity contribution in [3.05, 3.63) is 77.0 Å². The molecule has 0 fully saturated rings. The quantitative estimate of drug-likeness (QED) is 0.274. The van der Waals surface area contributed by atoms with Crippen LogP contribution in [-0.2, 0) is 33.2 Å². The van der Waals surface area contributed by atoms with Crippen molar-refractivity contribution in [1.82, 2.24) is 0 Å². The Kier molecular flexibility index (Phi) is 13.7. The molecule has 0 aliphatic rings. The first-order valence-electron chi connectivity index (χ1n) is 8.56. The van der Waals surface area contributed by atoms with Gasteiger partial charge in [0.1, 0.15) is 33.0 Å². The van der Waals surface area contributed by atoms with Crippen molar-refractivity contribution in [1.29, 1.82) is 0 Å². The highest BCUT2D eigenvalue weighted by Crippen LogP contribution is 2.23. The lowest BCUT2D eigenvalue weighted by Crippen LogP contribution is -2.47. The van der Waals surface area contributed by atoms with Crippen LogP contribution >= 0.6 is 0 Å². The summed E-state index contributed by atoms with van der Waals surface area (Å²) in [5.74, 6) is 0.